The second kappa shape index (κ2) is 5.18. The van der Waals surface area contributed by atoms with Crippen molar-refractivity contribution < 1.29 is 19.3 Å². The van der Waals surface area contributed by atoms with Crippen LogP contribution < -0.4 is 9.47 Å². The lowest BCUT2D eigenvalue weighted by molar-refractivity contribution is 0.0430. The highest BCUT2D eigenvalue weighted by Gasteiger charge is 2.14. The zero-order chi connectivity index (χ0) is 11.4. The Hall–Kier alpha value is -1.26. The minimum atomic E-state index is -0.472. The van der Waals surface area contributed by atoms with Gasteiger partial charge in [0.15, 0.2) is 11.5 Å². The van der Waals surface area contributed by atoms with Crippen LogP contribution in [0.25, 0.3) is 0 Å². The third-order valence-electron chi connectivity index (χ3n) is 2.42. The maximum absolute atomic E-state index is 9.69. The van der Waals surface area contributed by atoms with E-state index in [2.05, 4.69) is 0 Å². The van der Waals surface area contributed by atoms with Crippen LogP contribution in [0.5, 0.6) is 11.5 Å². The fourth-order valence-corrected chi connectivity index (χ4v) is 1.65. The standard InChI is InChI=1S/C12H16O4/c1-2-14-7-10(13)5-9-3-4-11-12(6-9)16-8-15-11/h3-4,6,10,13H,2,5,7-8H2,1H3. The van der Waals surface area contributed by atoms with Crippen LogP contribution in [0.3, 0.4) is 0 Å². The molecule has 4 heteroatoms. The average molecular weight is 224 g/mol. The van der Waals surface area contributed by atoms with Crippen molar-refractivity contribution in [1.82, 2.24) is 0 Å². The van der Waals surface area contributed by atoms with Crippen molar-refractivity contribution in [3.63, 3.8) is 0 Å². The van der Waals surface area contributed by atoms with Gasteiger partial charge < -0.3 is 19.3 Å². The molecule has 4 nitrogen and oxygen atoms in total. The molecular formula is C12H16O4. The average Bonchev–Trinajstić information content (AvgIpc) is 2.73. The maximum atomic E-state index is 9.69. The molecule has 1 aromatic carbocycles. The lowest BCUT2D eigenvalue weighted by atomic mass is 10.1. The molecule has 0 amide bonds. The fraction of sp³-hybridized carbons (Fsp3) is 0.500. The summed E-state index contributed by atoms with van der Waals surface area (Å²) in [6.45, 7) is 3.18. The van der Waals surface area contributed by atoms with E-state index in [4.69, 9.17) is 14.2 Å². The van der Waals surface area contributed by atoms with Crippen LogP contribution in [0.4, 0.5) is 0 Å². The number of aliphatic hydroxyl groups excluding tert-OH is 1. The van der Waals surface area contributed by atoms with Crippen molar-refractivity contribution in [2.75, 3.05) is 20.0 Å². The lowest BCUT2D eigenvalue weighted by Gasteiger charge is -2.10. The second-order valence-electron chi connectivity index (χ2n) is 3.71. The van der Waals surface area contributed by atoms with Crippen molar-refractivity contribution in [3.8, 4) is 11.5 Å². The Balaban J connectivity index is 1.94. The Kier molecular flexibility index (Phi) is 3.64. The van der Waals surface area contributed by atoms with Crippen molar-refractivity contribution in [1.29, 1.82) is 0 Å². The molecule has 0 aromatic heterocycles. The number of aliphatic hydroxyl groups is 1. The summed E-state index contributed by atoms with van der Waals surface area (Å²) in [7, 11) is 0. The van der Waals surface area contributed by atoms with E-state index in [1.165, 1.54) is 0 Å². The molecule has 1 heterocycles. The number of hydrogen-bond donors (Lipinski definition) is 1. The fourth-order valence-electron chi connectivity index (χ4n) is 1.65. The number of ether oxygens (including phenoxy) is 3. The minimum absolute atomic E-state index is 0.278. The van der Waals surface area contributed by atoms with Crippen molar-refractivity contribution in [2.24, 2.45) is 0 Å². The minimum Gasteiger partial charge on any atom is -0.454 e. The van der Waals surface area contributed by atoms with E-state index in [1.54, 1.807) is 0 Å². The van der Waals surface area contributed by atoms with Gasteiger partial charge >= 0.3 is 0 Å². The second-order valence-corrected chi connectivity index (χ2v) is 3.71. The van der Waals surface area contributed by atoms with E-state index < -0.39 is 6.10 Å². The monoisotopic (exact) mass is 224 g/mol. The Morgan fingerprint density at radius 2 is 2.19 bits per heavy atom. The summed E-state index contributed by atoms with van der Waals surface area (Å²) < 4.78 is 15.6. The SMILES string of the molecule is CCOCC(O)Cc1ccc2c(c1)OCO2. The molecule has 16 heavy (non-hydrogen) atoms. The van der Waals surface area contributed by atoms with E-state index in [-0.39, 0.29) is 6.79 Å². The molecule has 0 aliphatic carbocycles. The Morgan fingerprint density at radius 1 is 1.38 bits per heavy atom. The molecule has 1 aliphatic heterocycles. The predicted molar refractivity (Wildman–Crippen MR) is 58.8 cm³/mol. The highest BCUT2D eigenvalue weighted by Crippen LogP contribution is 2.32. The predicted octanol–water partition coefficient (Wildman–Crippen LogP) is 1.36. The Morgan fingerprint density at radius 3 is 3.00 bits per heavy atom. The van der Waals surface area contributed by atoms with Crippen LogP contribution in [0.1, 0.15) is 12.5 Å². The molecule has 0 spiro atoms. The van der Waals surface area contributed by atoms with Gasteiger partial charge in [0.25, 0.3) is 0 Å². The number of rotatable bonds is 5. The van der Waals surface area contributed by atoms with Crippen LogP contribution in [-0.2, 0) is 11.2 Å². The number of fused-ring (bicyclic) bond motifs is 1. The van der Waals surface area contributed by atoms with Crippen molar-refractivity contribution in [3.05, 3.63) is 23.8 Å². The van der Waals surface area contributed by atoms with Gasteiger partial charge in [-0.3, -0.25) is 0 Å². The van der Waals surface area contributed by atoms with Crippen LogP contribution in [0.2, 0.25) is 0 Å². The maximum Gasteiger partial charge on any atom is 0.231 e. The topological polar surface area (TPSA) is 47.9 Å². The van der Waals surface area contributed by atoms with E-state index in [0.717, 1.165) is 17.1 Å². The zero-order valence-corrected chi connectivity index (χ0v) is 9.31. The third kappa shape index (κ3) is 2.65. The number of benzene rings is 1. The first-order chi connectivity index (χ1) is 7.79. The van der Waals surface area contributed by atoms with Gasteiger partial charge in [0.2, 0.25) is 6.79 Å². The molecule has 0 fully saturated rings. The zero-order valence-electron chi connectivity index (χ0n) is 9.31. The Bertz CT molecular complexity index is 351. The van der Waals surface area contributed by atoms with Gasteiger partial charge in [-0.05, 0) is 24.6 Å². The van der Waals surface area contributed by atoms with Crippen LogP contribution in [0.15, 0.2) is 18.2 Å². The molecule has 88 valence electrons. The van der Waals surface area contributed by atoms with E-state index in [1.807, 2.05) is 25.1 Å². The highest BCUT2D eigenvalue weighted by atomic mass is 16.7. The smallest absolute Gasteiger partial charge is 0.231 e. The molecule has 0 bridgehead atoms. The van der Waals surface area contributed by atoms with Crippen LogP contribution >= 0.6 is 0 Å². The normalized spacial score (nSPS) is 15.1. The van der Waals surface area contributed by atoms with E-state index in [9.17, 15) is 5.11 Å². The molecule has 1 N–H and O–H groups in total. The molecule has 0 radical (unpaired) electrons. The summed E-state index contributed by atoms with van der Waals surface area (Å²) in [5, 5.41) is 9.69. The van der Waals surface area contributed by atoms with Crippen LogP contribution in [0, 0.1) is 0 Å². The van der Waals surface area contributed by atoms with E-state index in [0.29, 0.717) is 19.6 Å². The molecule has 1 aliphatic rings. The van der Waals surface area contributed by atoms with Gasteiger partial charge in [-0.25, -0.2) is 0 Å². The molecule has 0 saturated carbocycles. The first-order valence-electron chi connectivity index (χ1n) is 5.44. The molecule has 1 atom stereocenters. The highest BCUT2D eigenvalue weighted by molar-refractivity contribution is 5.44. The first-order valence-corrected chi connectivity index (χ1v) is 5.44. The van der Waals surface area contributed by atoms with Gasteiger partial charge in [0, 0.05) is 13.0 Å². The molecule has 1 aromatic rings. The van der Waals surface area contributed by atoms with E-state index >= 15 is 0 Å². The summed E-state index contributed by atoms with van der Waals surface area (Å²) in [4.78, 5) is 0. The Labute approximate surface area is 94.8 Å². The van der Waals surface area contributed by atoms with Gasteiger partial charge in [0.05, 0.1) is 12.7 Å². The third-order valence-corrected chi connectivity index (χ3v) is 2.42. The summed E-state index contributed by atoms with van der Waals surface area (Å²) in [6, 6.07) is 5.70. The van der Waals surface area contributed by atoms with Crippen molar-refractivity contribution in [2.45, 2.75) is 19.4 Å². The molecule has 1 unspecified atom stereocenters. The summed E-state index contributed by atoms with van der Waals surface area (Å²) >= 11 is 0. The molecular weight excluding hydrogens is 208 g/mol. The lowest BCUT2D eigenvalue weighted by Crippen LogP contribution is -2.17. The summed E-state index contributed by atoms with van der Waals surface area (Å²) in [5.41, 5.74) is 1.02. The molecule has 0 saturated heterocycles. The largest absolute Gasteiger partial charge is 0.454 e. The first kappa shape index (κ1) is 11.2. The number of hydrogen-bond acceptors (Lipinski definition) is 4. The quantitative estimate of drug-likeness (QED) is 0.820. The van der Waals surface area contributed by atoms with Gasteiger partial charge in [0.1, 0.15) is 0 Å². The van der Waals surface area contributed by atoms with Gasteiger partial charge in [-0.2, -0.15) is 0 Å². The van der Waals surface area contributed by atoms with Crippen LogP contribution in [-0.4, -0.2) is 31.2 Å². The molecule has 2 rings (SSSR count). The summed E-state index contributed by atoms with van der Waals surface area (Å²) in [5.74, 6) is 1.52. The van der Waals surface area contributed by atoms with Crippen molar-refractivity contribution >= 4 is 0 Å². The van der Waals surface area contributed by atoms with Gasteiger partial charge in [-0.15, -0.1) is 0 Å². The van der Waals surface area contributed by atoms with Gasteiger partial charge in [-0.1, -0.05) is 6.07 Å². The summed E-state index contributed by atoms with van der Waals surface area (Å²) in [6.07, 6.45) is 0.0942.